The molecule has 1 aliphatic rings. The monoisotopic (exact) mass is 285 g/mol. The van der Waals surface area contributed by atoms with E-state index in [0.717, 1.165) is 25.3 Å². The molecular weight excluding hydrogens is 262 g/mol. The molecular formula is C16H23N5. The van der Waals surface area contributed by atoms with Gasteiger partial charge in [0.15, 0.2) is 0 Å². The minimum absolute atomic E-state index is 0.558. The Bertz CT molecular complexity index is 551. The van der Waals surface area contributed by atoms with E-state index < -0.39 is 0 Å². The maximum atomic E-state index is 4.42. The van der Waals surface area contributed by atoms with E-state index in [0.29, 0.717) is 6.04 Å². The predicted molar refractivity (Wildman–Crippen MR) is 82.6 cm³/mol. The molecule has 2 aromatic heterocycles. The molecule has 112 valence electrons. The highest BCUT2D eigenvalue weighted by atomic mass is 15.2. The molecule has 21 heavy (non-hydrogen) atoms. The van der Waals surface area contributed by atoms with Gasteiger partial charge < -0.3 is 5.32 Å². The van der Waals surface area contributed by atoms with Gasteiger partial charge >= 0.3 is 0 Å². The Hall–Kier alpha value is -1.72. The van der Waals surface area contributed by atoms with Crippen molar-refractivity contribution < 1.29 is 0 Å². The molecule has 0 aliphatic carbocycles. The number of pyridine rings is 1. The first-order chi connectivity index (χ1) is 10.3. The summed E-state index contributed by atoms with van der Waals surface area (Å²) in [5, 5.41) is 7.86. The Morgan fingerprint density at radius 3 is 3.10 bits per heavy atom. The van der Waals surface area contributed by atoms with Crippen LogP contribution in [0, 0.1) is 0 Å². The standard InChI is InChI=1S/C16H23N5/c1-20-11-14(10-19-20)9-18-16-6-4-8-21(13-16)12-15-5-2-3-7-17-15/h2-3,5,7,10-11,16,18H,4,6,8-9,12-13H2,1H3. The number of nitrogens with zero attached hydrogens (tertiary/aromatic N) is 4. The van der Waals surface area contributed by atoms with Crippen LogP contribution in [0.2, 0.25) is 0 Å². The van der Waals surface area contributed by atoms with Gasteiger partial charge in [-0.3, -0.25) is 14.6 Å². The Kier molecular flexibility index (Phi) is 4.62. The number of hydrogen-bond donors (Lipinski definition) is 1. The summed E-state index contributed by atoms with van der Waals surface area (Å²) in [4.78, 5) is 6.91. The van der Waals surface area contributed by atoms with Crippen molar-refractivity contribution in [3.63, 3.8) is 0 Å². The number of nitrogens with one attached hydrogen (secondary N) is 1. The van der Waals surface area contributed by atoms with Gasteiger partial charge in [-0.15, -0.1) is 0 Å². The average molecular weight is 285 g/mol. The summed E-state index contributed by atoms with van der Waals surface area (Å²) in [7, 11) is 1.96. The Morgan fingerprint density at radius 2 is 2.33 bits per heavy atom. The number of aromatic nitrogens is 3. The third kappa shape index (κ3) is 4.12. The first-order valence-electron chi connectivity index (χ1n) is 7.63. The third-order valence-corrected chi connectivity index (χ3v) is 3.97. The van der Waals surface area contributed by atoms with Crippen molar-refractivity contribution in [2.24, 2.45) is 7.05 Å². The molecule has 5 heteroatoms. The molecule has 1 N–H and O–H groups in total. The molecule has 1 unspecified atom stereocenters. The lowest BCUT2D eigenvalue weighted by Gasteiger charge is -2.33. The fraction of sp³-hybridized carbons (Fsp3) is 0.500. The topological polar surface area (TPSA) is 46.0 Å². The van der Waals surface area contributed by atoms with E-state index in [2.05, 4.69) is 38.6 Å². The summed E-state index contributed by atoms with van der Waals surface area (Å²) < 4.78 is 1.85. The second-order valence-electron chi connectivity index (χ2n) is 5.80. The van der Waals surface area contributed by atoms with Crippen LogP contribution in [-0.4, -0.2) is 38.8 Å². The van der Waals surface area contributed by atoms with Crippen LogP contribution >= 0.6 is 0 Å². The van der Waals surface area contributed by atoms with Crippen molar-refractivity contribution in [1.29, 1.82) is 0 Å². The Labute approximate surface area is 126 Å². The zero-order valence-electron chi connectivity index (χ0n) is 12.6. The van der Waals surface area contributed by atoms with E-state index in [9.17, 15) is 0 Å². The molecule has 0 radical (unpaired) electrons. The van der Waals surface area contributed by atoms with Gasteiger partial charge in [-0.2, -0.15) is 5.10 Å². The molecule has 2 aromatic rings. The first kappa shape index (κ1) is 14.2. The summed E-state index contributed by atoms with van der Waals surface area (Å²) in [5.74, 6) is 0. The van der Waals surface area contributed by atoms with Gasteiger partial charge in [0.2, 0.25) is 0 Å². The molecule has 1 fully saturated rings. The number of aryl methyl sites for hydroxylation is 1. The summed E-state index contributed by atoms with van der Waals surface area (Å²) >= 11 is 0. The quantitative estimate of drug-likeness (QED) is 0.906. The largest absolute Gasteiger partial charge is 0.309 e. The molecule has 0 spiro atoms. The zero-order chi connectivity index (χ0) is 14.5. The van der Waals surface area contributed by atoms with Gasteiger partial charge in [-0.25, -0.2) is 0 Å². The lowest BCUT2D eigenvalue weighted by Crippen LogP contribution is -2.45. The second kappa shape index (κ2) is 6.83. The zero-order valence-corrected chi connectivity index (χ0v) is 12.6. The molecule has 1 aliphatic heterocycles. The highest BCUT2D eigenvalue weighted by molar-refractivity contribution is 5.05. The molecule has 0 amide bonds. The summed E-state index contributed by atoms with van der Waals surface area (Å²) in [6.07, 6.45) is 8.37. The van der Waals surface area contributed by atoms with Crippen molar-refractivity contribution in [3.8, 4) is 0 Å². The Balaban J connectivity index is 1.49. The minimum Gasteiger partial charge on any atom is -0.309 e. The molecule has 1 atom stereocenters. The van der Waals surface area contributed by atoms with E-state index in [4.69, 9.17) is 0 Å². The SMILES string of the molecule is Cn1cc(CNC2CCCN(Cc3ccccn3)C2)cn1. The molecule has 5 nitrogen and oxygen atoms in total. The highest BCUT2D eigenvalue weighted by Gasteiger charge is 2.19. The molecule has 3 rings (SSSR count). The van der Waals surface area contributed by atoms with E-state index in [-0.39, 0.29) is 0 Å². The van der Waals surface area contributed by atoms with Gasteiger partial charge in [0, 0.05) is 50.7 Å². The maximum absolute atomic E-state index is 4.42. The fourth-order valence-corrected chi connectivity index (χ4v) is 2.91. The van der Waals surface area contributed by atoms with Crippen molar-refractivity contribution >= 4 is 0 Å². The van der Waals surface area contributed by atoms with Crippen LogP contribution in [0.15, 0.2) is 36.8 Å². The summed E-state index contributed by atoms with van der Waals surface area (Å²) in [6, 6.07) is 6.69. The summed E-state index contributed by atoms with van der Waals surface area (Å²) in [5.41, 5.74) is 2.41. The summed E-state index contributed by atoms with van der Waals surface area (Å²) in [6.45, 7) is 4.11. The van der Waals surface area contributed by atoms with Crippen LogP contribution in [0.4, 0.5) is 0 Å². The van der Waals surface area contributed by atoms with E-state index in [1.165, 1.54) is 24.9 Å². The van der Waals surface area contributed by atoms with Crippen molar-refractivity contribution in [2.75, 3.05) is 13.1 Å². The highest BCUT2D eigenvalue weighted by Crippen LogP contribution is 2.13. The minimum atomic E-state index is 0.558. The number of likely N-dealkylation sites (tertiary alicyclic amines) is 1. The van der Waals surface area contributed by atoms with E-state index in [1.54, 1.807) is 0 Å². The second-order valence-corrected chi connectivity index (χ2v) is 5.80. The number of hydrogen-bond acceptors (Lipinski definition) is 4. The molecule has 3 heterocycles. The van der Waals surface area contributed by atoms with Gasteiger partial charge in [0.05, 0.1) is 11.9 Å². The van der Waals surface area contributed by atoms with Crippen LogP contribution in [0.25, 0.3) is 0 Å². The third-order valence-electron chi connectivity index (χ3n) is 3.97. The Morgan fingerprint density at radius 1 is 1.38 bits per heavy atom. The first-order valence-corrected chi connectivity index (χ1v) is 7.63. The lowest BCUT2D eigenvalue weighted by atomic mass is 10.1. The van der Waals surface area contributed by atoms with E-state index >= 15 is 0 Å². The van der Waals surface area contributed by atoms with Crippen molar-refractivity contribution in [3.05, 3.63) is 48.0 Å². The normalized spacial score (nSPS) is 19.8. The van der Waals surface area contributed by atoms with Crippen LogP contribution in [0.3, 0.4) is 0 Å². The number of rotatable bonds is 5. The smallest absolute Gasteiger partial charge is 0.0543 e. The van der Waals surface area contributed by atoms with Crippen LogP contribution in [0.5, 0.6) is 0 Å². The van der Waals surface area contributed by atoms with Gasteiger partial charge in [0.1, 0.15) is 0 Å². The average Bonchev–Trinajstić information content (AvgIpc) is 2.92. The van der Waals surface area contributed by atoms with Crippen molar-refractivity contribution in [2.45, 2.75) is 32.0 Å². The number of piperidine rings is 1. The predicted octanol–water partition coefficient (Wildman–Crippen LogP) is 1.57. The van der Waals surface area contributed by atoms with Crippen LogP contribution in [0.1, 0.15) is 24.1 Å². The van der Waals surface area contributed by atoms with E-state index in [1.807, 2.05) is 30.2 Å². The van der Waals surface area contributed by atoms with Crippen molar-refractivity contribution in [1.82, 2.24) is 25.0 Å². The van der Waals surface area contributed by atoms with Gasteiger partial charge in [-0.05, 0) is 31.5 Å². The molecule has 0 saturated carbocycles. The lowest BCUT2D eigenvalue weighted by molar-refractivity contribution is 0.181. The molecule has 0 bridgehead atoms. The van der Waals surface area contributed by atoms with Gasteiger partial charge in [-0.1, -0.05) is 6.07 Å². The molecule has 0 aromatic carbocycles. The maximum Gasteiger partial charge on any atom is 0.0543 e. The fourth-order valence-electron chi connectivity index (χ4n) is 2.91. The van der Waals surface area contributed by atoms with Gasteiger partial charge in [0.25, 0.3) is 0 Å². The van der Waals surface area contributed by atoms with Crippen LogP contribution < -0.4 is 5.32 Å². The van der Waals surface area contributed by atoms with Crippen LogP contribution in [-0.2, 0) is 20.1 Å². The molecule has 1 saturated heterocycles.